The first-order chi connectivity index (χ1) is 7.52. The Kier molecular flexibility index (Phi) is 5.44. The molecular weight excluding hydrogens is 288 g/mol. The van der Waals surface area contributed by atoms with Crippen molar-refractivity contribution < 1.29 is 4.79 Å². The molecule has 1 unspecified atom stereocenters. The molecule has 0 saturated carbocycles. The summed E-state index contributed by atoms with van der Waals surface area (Å²) in [4.78, 5) is 14.7. The van der Waals surface area contributed by atoms with Crippen LogP contribution in [0.1, 0.15) is 11.8 Å². The number of amides is 1. The first-order valence-electron chi connectivity index (χ1n) is 5.20. The summed E-state index contributed by atoms with van der Waals surface area (Å²) in [5.41, 5.74) is 5.53. The van der Waals surface area contributed by atoms with E-state index in [0.717, 1.165) is 15.9 Å². The Balaban J connectivity index is 2.45. The van der Waals surface area contributed by atoms with Gasteiger partial charge < -0.3 is 10.6 Å². The highest BCUT2D eigenvalue weighted by Gasteiger charge is 2.13. The number of likely N-dealkylation sites (N-methyl/N-ethyl adjacent to an activating group) is 1. The Hall–Kier alpha value is -0.390. The molecule has 0 aliphatic heterocycles. The van der Waals surface area contributed by atoms with E-state index in [1.807, 2.05) is 25.4 Å². The Morgan fingerprint density at radius 3 is 2.88 bits per heavy atom. The number of hydrogen-bond donors (Lipinski definition) is 1. The maximum absolute atomic E-state index is 11.8. The summed E-state index contributed by atoms with van der Waals surface area (Å²) in [6.07, 6.45) is 0.476. The topological polar surface area (TPSA) is 46.3 Å². The highest BCUT2D eigenvalue weighted by molar-refractivity contribution is 9.10. The quantitative estimate of drug-likeness (QED) is 0.905. The molecule has 16 heavy (non-hydrogen) atoms. The van der Waals surface area contributed by atoms with Gasteiger partial charge in [-0.05, 0) is 34.5 Å². The lowest BCUT2D eigenvalue weighted by atomic mass is 10.1. The highest BCUT2D eigenvalue weighted by Crippen LogP contribution is 2.20. The van der Waals surface area contributed by atoms with Crippen molar-refractivity contribution >= 4 is 33.2 Å². The van der Waals surface area contributed by atoms with Crippen molar-refractivity contribution in [3.63, 3.8) is 0 Å². The second-order valence-electron chi connectivity index (χ2n) is 4.02. The smallest absolute Gasteiger partial charge is 0.227 e. The minimum absolute atomic E-state index is 0.148. The predicted octanol–water partition coefficient (Wildman–Crippen LogP) is 2.11. The molecule has 1 aromatic rings. The van der Waals surface area contributed by atoms with Crippen molar-refractivity contribution in [3.8, 4) is 0 Å². The van der Waals surface area contributed by atoms with Gasteiger partial charge in [-0.1, -0.05) is 6.92 Å². The van der Waals surface area contributed by atoms with Gasteiger partial charge in [-0.25, -0.2) is 0 Å². The van der Waals surface area contributed by atoms with Gasteiger partial charge in [0.05, 0.1) is 6.42 Å². The SMILES string of the molecule is CC(CN)CN(C)C(=O)Cc1cc(Br)cs1. The third kappa shape index (κ3) is 4.23. The van der Waals surface area contributed by atoms with Crippen LogP contribution in [0.15, 0.2) is 15.9 Å². The number of carbonyl (C=O) groups is 1. The molecule has 2 N–H and O–H groups in total. The molecule has 1 amide bonds. The van der Waals surface area contributed by atoms with Crippen molar-refractivity contribution in [2.24, 2.45) is 11.7 Å². The molecule has 5 heteroatoms. The third-order valence-corrected chi connectivity index (χ3v) is 4.06. The van der Waals surface area contributed by atoms with Gasteiger partial charge in [0.2, 0.25) is 5.91 Å². The summed E-state index contributed by atoms with van der Waals surface area (Å²) in [7, 11) is 1.83. The van der Waals surface area contributed by atoms with E-state index in [9.17, 15) is 4.79 Å². The lowest BCUT2D eigenvalue weighted by Gasteiger charge is -2.20. The van der Waals surface area contributed by atoms with Crippen LogP contribution in [-0.4, -0.2) is 30.9 Å². The van der Waals surface area contributed by atoms with Crippen LogP contribution in [0.5, 0.6) is 0 Å². The number of nitrogens with two attached hydrogens (primary N) is 1. The van der Waals surface area contributed by atoms with E-state index in [-0.39, 0.29) is 5.91 Å². The summed E-state index contributed by atoms with van der Waals surface area (Å²) in [6, 6.07) is 1.99. The second-order valence-corrected chi connectivity index (χ2v) is 5.93. The molecule has 0 aliphatic carbocycles. The van der Waals surface area contributed by atoms with E-state index in [2.05, 4.69) is 15.9 Å². The van der Waals surface area contributed by atoms with E-state index in [1.165, 1.54) is 0 Å². The lowest BCUT2D eigenvalue weighted by molar-refractivity contribution is -0.129. The normalized spacial score (nSPS) is 12.5. The Morgan fingerprint density at radius 1 is 1.69 bits per heavy atom. The Labute approximate surface area is 109 Å². The Bertz CT molecular complexity index is 354. The fourth-order valence-electron chi connectivity index (χ4n) is 1.37. The lowest BCUT2D eigenvalue weighted by Crippen LogP contribution is -2.34. The minimum atomic E-state index is 0.148. The molecule has 0 spiro atoms. The fourth-order valence-corrected chi connectivity index (χ4v) is 2.82. The van der Waals surface area contributed by atoms with Crippen LogP contribution in [0.3, 0.4) is 0 Å². The molecule has 0 radical (unpaired) electrons. The highest BCUT2D eigenvalue weighted by atomic mass is 79.9. The zero-order valence-electron chi connectivity index (χ0n) is 9.57. The van der Waals surface area contributed by atoms with Crippen LogP contribution in [0.2, 0.25) is 0 Å². The van der Waals surface area contributed by atoms with Gasteiger partial charge in [0, 0.05) is 28.3 Å². The van der Waals surface area contributed by atoms with Crippen molar-refractivity contribution in [3.05, 3.63) is 20.8 Å². The zero-order valence-corrected chi connectivity index (χ0v) is 12.0. The van der Waals surface area contributed by atoms with Crippen LogP contribution in [0.25, 0.3) is 0 Å². The van der Waals surface area contributed by atoms with Gasteiger partial charge in [0.15, 0.2) is 0 Å². The van der Waals surface area contributed by atoms with E-state index in [4.69, 9.17) is 5.73 Å². The molecule has 0 fully saturated rings. The summed E-state index contributed by atoms with van der Waals surface area (Å²) >= 11 is 4.98. The van der Waals surface area contributed by atoms with Gasteiger partial charge in [-0.15, -0.1) is 11.3 Å². The summed E-state index contributed by atoms with van der Waals surface area (Å²) in [5.74, 6) is 0.499. The number of thiophene rings is 1. The molecule has 1 heterocycles. The molecule has 0 saturated heterocycles. The van der Waals surface area contributed by atoms with Crippen LogP contribution in [0.4, 0.5) is 0 Å². The molecule has 0 aliphatic rings. The van der Waals surface area contributed by atoms with Gasteiger partial charge in [0.1, 0.15) is 0 Å². The first-order valence-corrected chi connectivity index (χ1v) is 6.87. The van der Waals surface area contributed by atoms with E-state index in [0.29, 0.717) is 18.9 Å². The van der Waals surface area contributed by atoms with Crippen LogP contribution in [-0.2, 0) is 11.2 Å². The molecule has 0 aromatic carbocycles. The third-order valence-electron chi connectivity index (χ3n) is 2.36. The largest absolute Gasteiger partial charge is 0.345 e. The average molecular weight is 305 g/mol. The van der Waals surface area contributed by atoms with Crippen molar-refractivity contribution in [1.82, 2.24) is 4.90 Å². The van der Waals surface area contributed by atoms with Gasteiger partial charge in [-0.2, -0.15) is 0 Å². The maximum Gasteiger partial charge on any atom is 0.227 e. The molecular formula is C11H17BrN2OS. The van der Waals surface area contributed by atoms with Crippen LogP contribution >= 0.6 is 27.3 Å². The number of rotatable bonds is 5. The minimum Gasteiger partial charge on any atom is -0.345 e. The first kappa shape index (κ1) is 13.7. The van der Waals surface area contributed by atoms with Crippen LogP contribution < -0.4 is 5.73 Å². The average Bonchev–Trinajstić information content (AvgIpc) is 2.63. The Morgan fingerprint density at radius 2 is 2.38 bits per heavy atom. The number of halogens is 1. The van der Waals surface area contributed by atoms with Crippen LogP contribution in [0, 0.1) is 5.92 Å². The summed E-state index contributed by atoms with van der Waals surface area (Å²) in [5, 5.41) is 1.99. The monoisotopic (exact) mass is 304 g/mol. The molecule has 1 atom stereocenters. The second kappa shape index (κ2) is 6.37. The van der Waals surface area contributed by atoms with Crippen molar-refractivity contribution in [2.75, 3.05) is 20.1 Å². The summed E-state index contributed by atoms with van der Waals surface area (Å²) in [6.45, 7) is 3.38. The molecule has 90 valence electrons. The summed E-state index contributed by atoms with van der Waals surface area (Å²) < 4.78 is 1.04. The van der Waals surface area contributed by atoms with Gasteiger partial charge in [0.25, 0.3) is 0 Å². The number of hydrogen-bond acceptors (Lipinski definition) is 3. The molecule has 1 rings (SSSR count). The van der Waals surface area contributed by atoms with Gasteiger partial charge >= 0.3 is 0 Å². The molecule has 0 bridgehead atoms. The number of nitrogens with zero attached hydrogens (tertiary/aromatic N) is 1. The van der Waals surface area contributed by atoms with Crippen molar-refractivity contribution in [2.45, 2.75) is 13.3 Å². The zero-order chi connectivity index (χ0) is 12.1. The molecule has 1 aromatic heterocycles. The van der Waals surface area contributed by atoms with Crippen molar-refractivity contribution in [1.29, 1.82) is 0 Å². The van der Waals surface area contributed by atoms with Gasteiger partial charge in [-0.3, -0.25) is 4.79 Å². The maximum atomic E-state index is 11.8. The number of carbonyl (C=O) groups excluding carboxylic acids is 1. The standard InChI is InChI=1S/C11H17BrN2OS/c1-8(5-13)6-14(2)11(15)4-10-3-9(12)7-16-10/h3,7-8H,4-6,13H2,1-2H3. The van der Waals surface area contributed by atoms with E-state index >= 15 is 0 Å². The fraction of sp³-hybridized carbons (Fsp3) is 0.545. The van der Waals surface area contributed by atoms with E-state index < -0.39 is 0 Å². The predicted molar refractivity (Wildman–Crippen MR) is 71.6 cm³/mol. The molecule has 3 nitrogen and oxygen atoms in total. The van der Waals surface area contributed by atoms with E-state index in [1.54, 1.807) is 16.2 Å².